The number of rotatable bonds is 7. The molecule has 9 heteroatoms. The first-order valence-corrected chi connectivity index (χ1v) is 12.8. The molecule has 6 rings (SSSR count). The highest BCUT2D eigenvalue weighted by molar-refractivity contribution is 6.32. The number of pyridine rings is 1. The molecule has 188 valence electrons. The van der Waals surface area contributed by atoms with E-state index in [-0.39, 0.29) is 18.0 Å². The van der Waals surface area contributed by atoms with Gasteiger partial charge in [0.1, 0.15) is 30.1 Å². The molecule has 5 heterocycles. The van der Waals surface area contributed by atoms with Crippen LogP contribution in [-0.4, -0.2) is 42.8 Å². The zero-order chi connectivity index (χ0) is 25.4. The van der Waals surface area contributed by atoms with Crippen molar-refractivity contribution in [3.8, 4) is 5.75 Å². The molecule has 1 aromatic carbocycles. The highest BCUT2D eigenvalue weighted by atomic mass is 35.5. The minimum absolute atomic E-state index is 0.0416. The number of nitrogens with zero attached hydrogens (tertiary/aromatic N) is 4. The molecule has 2 aliphatic heterocycles. The van der Waals surface area contributed by atoms with Gasteiger partial charge in [-0.15, -0.1) is 0 Å². The Bertz CT molecular complexity index is 1440. The number of carbonyl (C=O) groups excluding carboxylic acids is 1. The molecule has 2 fully saturated rings. The normalized spacial score (nSPS) is 20.7. The van der Waals surface area contributed by atoms with Gasteiger partial charge in [0.05, 0.1) is 16.1 Å². The monoisotopic (exact) mass is 514 g/mol. The average Bonchev–Trinajstić information content (AvgIpc) is 3.47. The van der Waals surface area contributed by atoms with Crippen LogP contribution in [-0.2, 0) is 11.4 Å². The number of ether oxygens (including phenoxy) is 1. The van der Waals surface area contributed by atoms with Crippen molar-refractivity contribution in [2.75, 3.05) is 5.32 Å². The molecule has 2 aliphatic rings. The number of benzene rings is 1. The second-order valence-corrected chi connectivity index (χ2v) is 9.98. The number of fused-ring (bicyclic) bond motifs is 3. The number of hydrogen-bond donors (Lipinski definition) is 2. The highest BCUT2D eigenvalue weighted by Gasteiger charge is 2.43. The van der Waals surface area contributed by atoms with Gasteiger partial charge in [-0.3, -0.25) is 9.78 Å². The van der Waals surface area contributed by atoms with E-state index in [1.165, 1.54) is 11.6 Å². The van der Waals surface area contributed by atoms with E-state index in [1.54, 1.807) is 12.5 Å². The summed E-state index contributed by atoms with van der Waals surface area (Å²) < 4.78 is 5.86. The fourth-order valence-electron chi connectivity index (χ4n) is 5.77. The summed E-state index contributed by atoms with van der Waals surface area (Å²) in [6, 6.07) is 11.8. The van der Waals surface area contributed by atoms with Gasteiger partial charge in [-0.05, 0) is 73.6 Å². The van der Waals surface area contributed by atoms with Gasteiger partial charge < -0.3 is 19.9 Å². The standard InChI is InChI=1S/C28H27ClN6O2/c1-2-25(36)35-20-7-8-21(35)12-17(11-20)22-14-31-27-26(22)28(33-16-32-27)34-18-6-9-24(23(29)13-18)37-15-19-5-3-4-10-30-19/h2-6,9-10,13-14,16-17,20-21H,1,7-8,11-12,15H2,(H2,31,32,33,34)/t17?,20-,21+. The molecule has 1 unspecified atom stereocenters. The molecule has 2 bridgehead atoms. The minimum Gasteiger partial charge on any atom is -0.486 e. The van der Waals surface area contributed by atoms with Gasteiger partial charge in [0.15, 0.2) is 0 Å². The highest BCUT2D eigenvalue weighted by Crippen LogP contribution is 2.45. The molecule has 4 aromatic rings. The SMILES string of the molecule is C=CC(=O)N1[C@@H]2CC[C@H]1CC(c1c[nH]c3ncnc(Nc4ccc(OCc5ccccn5)c(Cl)c4)c13)C2. The van der Waals surface area contributed by atoms with Crippen molar-refractivity contribution in [3.63, 3.8) is 0 Å². The van der Waals surface area contributed by atoms with Gasteiger partial charge >= 0.3 is 0 Å². The maximum atomic E-state index is 12.4. The van der Waals surface area contributed by atoms with Crippen molar-refractivity contribution in [3.05, 3.63) is 84.1 Å². The van der Waals surface area contributed by atoms with Gasteiger partial charge in [-0.25, -0.2) is 9.97 Å². The van der Waals surface area contributed by atoms with E-state index in [1.807, 2.05) is 47.5 Å². The number of carbonyl (C=O) groups is 1. The topological polar surface area (TPSA) is 96.0 Å². The number of piperidine rings is 1. The quantitative estimate of drug-likeness (QED) is 0.305. The van der Waals surface area contributed by atoms with Gasteiger partial charge in [0.2, 0.25) is 5.91 Å². The van der Waals surface area contributed by atoms with Crippen molar-refractivity contribution < 1.29 is 9.53 Å². The Hall–Kier alpha value is -3.91. The maximum Gasteiger partial charge on any atom is 0.246 e. The Morgan fingerprint density at radius 1 is 1.19 bits per heavy atom. The fourth-order valence-corrected chi connectivity index (χ4v) is 6.00. The Kier molecular flexibility index (Phi) is 6.26. The van der Waals surface area contributed by atoms with Crippen molar-refractivity contribution >= 4 is 40.0 Å². The number of anilines is 2. The van der Waals surface area contributed by atoms with Crippen LogP contribution in [0.25, 0.3) is 11.0 Å². The van der Waals surface area contributed by atoms with Crippen LogP contribution in [0.5, 0.6) is 5.75 Å². The molecule has 2 saturated heterocycles. The van der Waals surface area contributed by atoms with Crippen LogP contribution in [0.2, 0.25) is 5.02 Å². The third-order valence-electron chi connectivity index (χ3n) is 7.40. The smallest absolute Gasteiger partial charge is 0.246 e. The van der Waals surface area contributed by atoms with E-state index in [0.29, 0.717) is 23.3 Å². The lowest BCUT2D eigenvalue weighted by molar-refractivity contribution is -0.130. The van der Waals surface area contributed by atoms with Crippen molar-refractivity contribution in [1.29, 1.82) is 0 Å². The molecule has 0 spiro atoms. The summed E-state index contributed by atoms with van der Waals surface area (Å²) in [7, 11) is 0. The number of halogens is 1. The second kappa shape index (κ2) is 9.86. The van der Waals surface area contributed by atoms with Crippen LogP contribution >= 0.6 is 11.6 Å². The molecule has 0 aliphatic carbocycles. The van der Waals surface area contributed by atoms with Gasteiger partial charge in [-0.2, -0.15) is 0 Å². The zero-order valence-electron chi connectivity index (χ0n) is 20.2. The maximum absolute atomic E-state index is 12.4. The van der Waals surface area contributed by atoms with Crippen LogP contribution in [0.1, 0.15) is 42.9 Å². The molecule has 37 heavy (non-hydrogen) atoms. The minimum atomic E-state index is 0.0416. The Labute approximate surface area is 219 Å². The average molecular weight is 515 g/mol. The lowest BCUT2D eigenvalue weighted by atomic mass is 9.85. The second-order valence-electron chi connectivity index (χ2n) is 9.57. The van der Waals surface area contributed by atoms with Crippen molar-refractivity contribution in [1.82, 2.24) is 24.8 Å². The number of H-pyrrole nitrogens is 1. The van der Waals surface area contributed by atoms with Crippen LogP contribution in [0, 0.1) is 0 Å². The van der Waals surface area contributed by atoms with E-state index in [2.05, 4.69) is 31.8 Å². The molecule has 3 atom stereocenters. The lowest BCUT2D eigenvalue weighted by Gasteiger charge is -2.38. The molecular formula is C28H27ClN6O2. The third kappa shape index (κ3) is 4.53. The van der Waals surface area contributed by atoms with Crippen LogP contribution in [0.4, 0.5) is 11.5 Å². The summed E-state index contributed by atoms with van der Waals surface area (Å²) in [6.45, 7) is 4.03. The van der Waals surface area contributed by atoms with Gasteiger partial charge in [-0.1, -0.05) is 24.2 Å². The van der Waals surface area contributed by atoms with E-state index in [9.17, 15) is 4.79 Å². The molecular weight excluding hydrogens is 488 g/mol. The van der Waals surface area contributed by atoms with E-state index >= 15 is 0 Å². The first-order chi connectivity index (χ1) is 18.1. The summed E-state index contributed by atoms with van der Waals surface area (Å²) in [4.78, 5) is 31.1. The molecule has 0 saturated carbocycles. The molecule has 2 N–H and O–H groups in total. The number of aromatic amines is 1. The third-order valence-corrected chi connectivity index (χ3v) is 7.69. The van der Waals surface area contributed by atoms with E-state index in [4.69, 9.17) is 16.3 Å². The summed E-state index contributed by atoms with van der Waals surface area (Å²) in [5.41, 5.74) is 3.60. The zero-order valence-corrected chi connectivity index (χ0v) is 21.0. The molecule has 3 aromatic heterocycles. The number of hydrogen-bond acceptors (Lipinski definition) is 6. The van der Waals surface area contributed by atoms with Gasteiger partial charge in [0.25, 0.3) is 0 Å². The predicted octanol–water partition coefficient (Wildman–Crippen LogP) is 5.75. The van der Waals surface area contributed by atoms with E-state index in [0.717, 1.165) is 53.9 Å². The molecule has 0 radical (unpaired) electrons. The van der Waals surface area contributed by atoms with Gasteiger partial charge in [0, 0.05) is 30.2 Å². The molecule has 8 nitrogen and oxygen atoms in total. The Balaban J connectivity index is 1.23. The van der Waals surface area contributed by atoms with Crippen LogP contribution in [0.15, 0.2) is 67.8 Å². The first kappa shape index (κ1) is 23.5. The number of nitrogens with one attached hydrogen (secondary N) is 2. The van der Waals surface area contributed by atoms with Crippen molar-refractivity contribution in [2.24, 2.45) is 0 Å². The summed E-state index contributed by atoms with van der Waals surface area (Å²) >= 11 is 6.54. The number of aromatic nitrogens is 4. The molecule has 1 amide bonds. The number of amides is 1. The lowest BCUT2D eigenvalue weighted by Crippen LogP contribution is -2.45. The predicted molar refractivity (Wildman–Crippen MR) is 143 cm³/mol. The Morgan fingerprint density at radius 3 is 2.76 bits per heavy atom. The van der Waals surface area contributed by atoms with Crippen LogP contribution < -0.4 is 10.1 Å². The summed E-state index contributed by atoms with van der Waals surface area (Å²) in [5.74, 6) is 1.67. The summed E-state index contributed by atoms with van der Waals surface area (Å²) in [6.07, 6.45) is 10.7. The Morgan fingerprint density at radius 2 is 2.03 bits per heavy atom. The largest absolute Gasteiger partial charge is 0.486 e. The van der Waals surface area contributed by atoms with Crippen LogP contribution in [0.3, 0.4) is 0 Å². The summed E-state index contributed by atoms with van der Waals surface area (Å²) in [5, 5.41) is 4.90. The van der Waals surface area contributed by atoms with Crippen molar-refractivity contribution in [2.45, 2.75) is 50.3 Å². The fraction of sp³-hybridized carbons (Fsp3) is 0.286. The first-order valence-electron chi connectivity index (χ1n) is 12.5. The van der Waals surface area contributed by atoms with E-state index < -0.39 is 0 Å².